The van der Waals surface area contributed by atoms with Crippen molar-refractivity contribution in [2.75, 3.05) is 0 Å². The van der Waals surface area contributed by atoms with Crippen molar-refractivity contribution in [2.24, 2.45) is 0 Å². The van der Waals surface area contributed by atoms with E-state index in [-0.39, 0.29) is 0 Å². The van der Waals surface area contributed by atoms with Crippen LogP contribution in [0.4, 0.5) is 0 Å². The molecule has 1 heteroatoms. The first-order valence-electron chi connectivity index (χ1n) is 5.82. The monoisotopic (exact) mass is 400 g/mol. The van der Waals surface area contributed by atoms with Gasteiger partial charge in [-0.3, -0.25) is 0 Å². The molecule has 0 nitrogen and oxygen atoms in total. The molecule has 0 N–H and O–H groups in total. The Morgan fingerprint density at radius 2 is 1.82 bits per heavy atom. The zero-order valence-electron chi connectivity index (χ0n) is 9.43. The van der Waals surface area contributed by atoms with Crippen LogP contribution in [0, 0.1) is 0 Å². The van der Waals surface area contributed by atoms with Gasteiger partial charge in [-0.05, 0) is 0 Å². The second-order valence-corrected chi connectivity index (χ2v) is 5.69. The van der Waals surface area contributed by atoms with E-state index >= 15 is 0 Å². The average Bonchev–Trinajstić information content (AvgIpc) is 2.76. The molecule has 0 saturated carbocycles. The molecule has 0 aromatic heterocycles. The summed E-state index contributed by atoms with van der Waals surface area (Å²) in [5.41, 5.74) is 2.90. The molecule has 87 valence electrons. The van der Waals surface area contributed by atoms with Gasteiger partial charge in [0.15, 0.2) is 0 Å². The average molecular weight is 400 g/mol. The fourth-order valence-electron chi connectivity index (χ4n) is 2.31. The van der Waals surface area contributed by atoms with E-state index < -0.39 is 0 Å². The number of hydrogen-bond donors (Lipinski definition) is 0. The molecule has 0 heterocycles. The molecular weight excluding hydrogens is 387 g/mol. The van der Waals surface area contributed by atoms with Gasteiger partial charge in [-0.25, -0.2) is 0 Å². The van der Waals surface area contributed by atoms with Crippen molar-refractivity contribution in [3.8, 4) is 0 Å². The number of rotatable bonds is 2. The molecule has 1 aliphatic carbocycles. The van der Waals surface area contributed by atoms with E-state index in [1.54, 1.807) is 0 Å². The molecule has 0 unspecified atom stereocenters. The maximum atomic E-state index is 2.44. The predicted molar refractivity (Wildman–Crippen MR) is 68.4 cm³/mol. The predicted octanol–water partition coefficient (Wildman–Crippen LogP) is 4.14. The van der Waals surface area contributed by atoms with Gasteiger partial charge in [0.25, 0.3) is 0 Å². The maximum absolute atomic E-state index is 2.44. The van der Waals surface area contributed by atoms with Crippen LogP contribution in [0.2, 0.25) is 0 Å². The first-order chi connectivity index (χ1) is 8.34. The molecule has 17 heavy (non-hydrogen) atoms. The van der Waals surface area contributed by atoms with E-state index in [1.165, 1.54) is 25.9 Å². The van der Waals surface area contributed by atoms with Crippen LogP contribution < -0.4 is 0 Å². The molecule has 3 rings (SSSR count). The summed E-state index contributed by atoms with van der Waals surface area (Å²) in [6.07, 6.45) is 6.69. The van der Waals surface area contributed by atoms with Crippen molar-refractivity contribution in [1.29, 1.82) is 0 Å². The van der Waals surface area contributed by atoms with Crippen LogP contribution in [-0.2, 0) is 26.2 Å². The van der Waals surface area contributed by atoms with Crippen LogP contribution in [0.25, 0.3) is 10.8 Å². The number of fused-ring (bicyclic) bond motifs is 1. The van der Waals surface area contributed by atoms with Crippen LogP contribution in [0.15, 0.2) is 64.2 Å². The topological polar surface area (TPSA) is 0 Å². The van der Waals surface area contributed by atoms with E-state index in [9.17, 15) is 0 Å². The van der Waals surface area contributed by atoms with E-state index in [2.05, 4.69) is 74.4 Å². The Morgan fingerprint density at radius 3 is 2.65 bits per heavy atom. The molecule has 0 atom stereocenters. The molecule has 0 amide bonds. The quantitative estimate of drug-likeness (QED) is 0.711. The Kier molecular flexibility index (Phi) is 2.99. The SMILES string of the molecule is [Pt][C]1=C(Cc2cccc3ccccc23)C=CC1. The van der Waals surface area contributed by atoms with Crippen molar-refractivity contribution in [3.63, 3.8) is 0 Å². The molecular formula is C16H13Pt. The zero-order valence-corrected chi connectivity index (χ0v) is 11.7. The summed E-state index contributed by atoms with van der Waals surface area (Å²) in [6, 6.07) is 15.2. The standard InChI is InChI=1S/C16H13.Pt/c1-2-7-13(6-1)12-15-10-5-9-14-8-3-4-11-16(14)15;/h1,3-6,8-11H,2,12H2;. The van der Waals surface area contributed by atoms with Gasteiger partial charge < -0.3 is 0 Å². The Hall–Kier alpha value is -1.13. The van der Waals surface area contributed by atoms with Crippen molar-refractivity contribution < 1.29 is 19.8 Å². The fourth-order valence-corrected chi connectivity index (χ4v) is 2.97. The molecule has 1 aliphatic rings. The minimum atomic E-state index is 1.05. The number of benzene rings is 2. The van der Waals surface area contributed by atoms with Crippen LogP contribution in [0.5, 0.6) is 0 Å². The van der Waals surface area contributed by atoms with Gasteiger partial charge in [-0.1, -0.05) is 0 Å². The van der Waals surface area contributed by atoms with Crippen molar-refractivity contribution >= 4 is 10.8 Å². The van der Waals surface area contributed by atoms with Gasteiger partial charge in [-0.15, -0.1) is 0 Å². The van der Waals surface area contributed by atoms with Gasteiger partial charge >= 0.3 is 113 Å². The number of allylic oxidation sites excluding steroid dienone is 4. The van der Waals surface area contributed by atoms with Gasteiger partial charge in [0.05, 0.1) is 0 Å². The molecule has 0 radical (unpaired) electrons. The van der Waals surface area contributed by atoms with Crippen molar-refractivity contribution in [1.82, 2.24) is 0 Å². The van der Waals surface area contributed by atoms with Crippen molar-refractivity contribution in [2.45, 2.75) is 12.8 Å². The summed E-state index contributed by atoms with van der Waals surface area (Å²) < 4.78 is 1.48. The van der Waals surface area contributed by atoms with E-state index in [4.69, 9.17) is 0 Å². The van der Waals surface area contributed by atoms with Crippen LogP contribution in [0.3, 0.4) is 0 Å². The van der Waals surface area contributed by atoms with E-state index in [0.717, 1.165) is 12.8 Å². The summed E-state index contributed by atoms with van der Waals surface area (Å²) in [5, 5.41) is 2.72. The molecule has 0 fully saturated rings. The molecule has 0 spiro atoms. The molecule has 0 aliphatic heterocycles. The van der Waals surface area contributed by atoms with Gasteiger partial charge in [-0.2, -0.15) is 0 Å². The van der Waals surface area contributed by atoms with Gasteiger partial charge in [0, 0.05) is 0 Å². The van der Waals surface area contributed by atoms with Crippen LogP contribution in [0.1, 0.15) is 12.0 Å². The summed E-state index contributed by atoms with van der Waals surface area (Å²) in [5.74, 6) is 0. The second kappa shape index (κ2) is 4.62. The number of hydrogen-bond acceptors (Lipinski definition) is 0. The summed E-state index contributed by atoms with van der Waals surface area (Å²) in [6.45, 7) is 0. The molecule has 0 bridgehead atoms. The van der Waals surface area contributed by atoms with Crippen molar-refractivity contribution in [3.05, 3.63) is 69.7 Å². The van der Waals surface area contributed by atoms with E-state index in [1.807, 2.05) is 0 Å². The fraction of sp³-hybridized carbons (Fsp3) is 0.125. The molecule has 0 saturated heterocycles. The Bertz CT molecular complexity index is 615. The summed E-state index contributed by atoms with van der Waals surface area (Å²) in [7, 11) is 0. The van der Waals surface area contributed by atoms with Gasteiger partial charge in [0.1, 0.15) is 0 Å². The molecule has 2 aromatic rings. The Balaban J connectivity index is 2.06. The second-order valence-electron chi connectivity index (χ2n) is 4.31. The third kappa shape index (κ3) is 2.15. The summed E-state index contributed by atoms with van der Waals surface area (Å²) >= 11 is 2.44. The third-order valence-corrected chi connectivity index (χ3v) is 4.39. The third-order valence-electron chi connectivity index (χ3n) is 3.19. The van der Waals surface area contributed by atoms with Crippen LogP contribution in [-0.4, -0.2) is 0 Å². The normalized spacial score (nSPS) is 14.9. The van der Waals surface area contributed by atoms with Gasteiger partial charge in [0.2, 0.25) is 0 Å². The van der Waals surface area contributed by atoms with E-state index in [0.29, 0.717) is 0 Å². The first-order valence-corrected chi connectivity index (χ1v) is 6.96. The zero-order chi connectivity index (χ0) is 11.7. The minimum absolute atomic E-state index is 1.05. The Morgan fingerprint density at radius 1 is 1.00 bits per heavy atom. The summed E-state index contributed by atoms with van der Waals surface area (Å²) in [4.78, 5) is 0. The molecule has 2 aromatic carbocycles. The first kappa shape index (κ1) is 11.0. The van der Waals surface area contributed by atoms with Crippen LogP contribution >= 0.6 is 0 Å². The Labute approximate surface area is 113 Å².